The zero-order valence-electron chi connectivity index (χ0n) is 11.7. The molecule has 22 heavy (non-hydrogen) atoms. The van der Waals surface area contributed by atoms with Crippen molar-refractivity contribution in [2.75, 3.05) is 6.54 Å². The topological polar surface area (TPSA) is 116 Å². The second kappa shape index (κ2) is 7.52. The van der Waals surface area contributed by atoms with Gasteiger partial charge in [0.15, 0.2) is 6.10 Å². The molecule has 9 heteroatoms. The number of benzene rings is 1. The Bertz CT molecular complexity index is 702. The van der Waals surface area contributed by atoms with Crippen LogP contribution in [0.1, 0.15) is 17.3 Å². The largest absolute Gasteiger partial charge is 0.449 e. The minimum absolute atomic E-state index is 0.0328. The molecule has 0 heterocycles. The highest BCUT2D eigenvalue weighted by molar-refractivity contribution is 9.10. The van der Waals surface area contributed by atoms with Crippen LogP contribution in [0.3, 0.4) is 0 Å². The van der Waals surface area contributed by atoms with Crippen LogP contribution in [0.4, 0.5) is 0 Å². The molecular weight excluding hydrogens is 376 g/mol. The third-order valence-electron chi connectivity index (χ3n) is 2.57. The quantitative estimate of drug-likeness (QED) is 0.530. The van der Waals surface area contributed by atoms with Crippen LogP contribution in [0.25, 0.3) is 0 Å². The number of hydrogen-bond acceptors (Lipinski definition) is 5. The van der Waals surface area contributed by atoms with Crippen molar-refractivity contribution >= 4 is 37.8 Å². The number of esters is 1. The van der Waals surface area contributed by atoms with Crippen LogP contribution in [0.15, 0.2) is 40.2 Å². The lowest BCUT2D eigenvalue weighted by molar-refractivity contribution is -0.125. The first-order valence-corrected chi connectivity index (χ1v) is 8.37. The molecule has 0 spiro atoms. The highest BCUT2D eigenvalue weighted by Gasteiger charge is 2.21. The van der Waals surface area contributed by atoms with Crippen LogP contribution < -0.4 is 10.5 Å². The summed E-state index contributed by atoms with van der Waals surface area (Å²) in [6.07, 6.45) is 0.263. The number of nitrogens with two attached hydrogens (primary N) is 1. The molecule has 120 valence electrons. The number of primary amides is 1. The van der Waals surface area contributed by atoms with E-state index in [9.17, 15) is 18.0 Å². The maximum atomic E-state index is 12.0. The Hall–Kier alpha value is -1.71. The van der Waals surface area contributed by atoms with Crippen molar-refractivity contribution in [3.8, 4) is 0 Å². The van der Waals surface area contributed by atoms with Crippen LogP contribution in [0, 0.1) is 0 Å². The maximum absolute atomic E-state index is 12.0. The summed E-state index contributed by atoms with van der Waals surface area (Å²) in [5.74, 6) is -1.67. The van der Waals surface area contributed by atoms with Crippen molar-refractivity contribution in [2.24, 2.45) is 5.73 Å². The standard InChI is InChI=1S/C13H15BrN2O5S/c1-3-6-16-22(19,20)9-4-5-11(14)10(7-9)13(18)21-8(2)12(15)17/h3-5,7-8,16H,1,6H2,2H3,(H2,15,17)/t8-/m1/s1. The number of amides is 1. The van der Waals surface area contributed by atoms with E-state index in [0.29, 0.717) is 4.47 Å². The van der Waals surface area contributed by atoms with Gasteiger partial charge in [0.2, 0.25) is 10.0 Å². The summed E-state index contributed by atoms with van der Waals surface area (Å²) in [4.78, 5) is 22.8. The van der Waals surface area contributed by atoms with E-state index in [2.05, 4.69) is 27.2 Å². The lowest BCUT2D eigenvalue weighted by Gasteiger charge is -2.12. The Kier molecular flexibility index (Phi) is 6.27. The fourth-order valence-electron chi connectivity index (χ4n) is 1.36. The van der Waals surface area contributed by atoms with Crippen molar-refractivity contribution < 1.29 is 22.7 Å². The Balaban J connectivity index is 3.12. The van der Waals surface area contributed by atoms with Gasteiger partial charge in [-0.2, -0.15) is 0 Å². The van der Waals surface area contributed by atoms with Gasteiger partial charge >= 0.3 is 5.97 Å². The second-order valence-electron chi connectivity index (χ2n) is 4.23. The van der Waals surface area contributed by atoms with E-state index in [-0.39, 0.29) is 17.0 Å². The predicted molar refractivity (Wildman–Crippen MR) is 83.6 cm³/mol. The van der Waals surface area contributed by atoms with Gasteiger partial charge in [-0.25, -0.2) is 17.9 Å². The SMILES string of the molecule is C=CCNS(=O)(=O)c1ccc(Br)c(C(=O)O[C@H](C)C(N)=O)c1. The van der Waals surface area contributed by atoms with Gasteiger partial charge < -0.3 is 10.5 Å². The molecule has 1 aromatic rings. The van der Waals surface area contributed by atoms with Crippen LogP contribution >= 0.6 is 15.9 Å². The maximum Gasteiger partial charge on any atom is 0.340 e. The molecule has 0 aliphatic carbocycles. The van der Waals surface area contributed by atoms with Gasteiger partial charge in [-0.05, 0) is 41.1 Å². The van der Waals surface area contributed by atoms with Crippen molar-refractivity contribution in [3.05, 3.63) is 40.9 Å². The lowest BCUT2D eigenvalue weighted by Crippen LogP contribution is -2.30. The average Bonchev–Trinajstić information content (AvgIpc) is 2.45. The van der Waals surface area contributed by atoms with Gasteiger partial charge in [0, 0.05) is 11.0 Å². The Labute approximate surface area is 136 Å². The van der Waals surface area contributed by atoms with Gasteiger partial charge in [-0.1, -0.05) is 6.08 Å². The Morgan fingerprint density at radius 2 is 2.14 bits per heavy atom. The molecule has 0 fully saturated rings. The van der Waals surface area contributed by atoms with Crippen LogP contribution in [0.5, 0.6) is 0 Å². The smallest absolute Gasteiger partial charge is 0.340 e. The fraction of sp³-hybridized carbons (Fsp3) is 0.231. The molecule has 3 N–H and O–H groups in total. The zero-order chi connectivity index (χ0) is 16.9. The summed E-state index contributed by atoms with van der Waals surface area (Å²) in [5, 5.41) is 0. The monoisotopic (exact) mass is 390 g/mol. The number of halogens is 1. The Morgan fingerprint density at radius 1 is 1.50 bits per heavy atom. The van der Waals surface area contributed by atoms with Crippen molar-refractivity contribution in [1.82, 2.24) is 4.72 Å². The molecular formula is C13H15BrN2O5S. The van der Waals surface area contributed by atoms with E-state index in [1.54, 1.807) is 0 Å². The van der Waals surface area contributed by atoms with Gasteiger partial charge in [0.05, 0.1) is 10.5 Å². The third kappa shape index (κ3) is 4.65. The summed E-state index contributed by atoms with van der Waals surface area (Å²) in [7, 11) is -3.78. The Morgan fingerprint density at radius 3 is 2.68 bits per heavy atom. The minimum Gasteiger partial charge on any atom is -0.449 e. The number of ether oxygens (including phenoxy) is 1. The van der Waals surface area contributed by atoms with Gasteiger partial charge in [-0.15, -0.1) is 6.58 Å². The van der Waals surface area contributed by atoms with Gasteiger partial charge in [0.1, 0.15) is 0 Å². The molecule has 0 bridgehead atoms. The first kappa shape index (κ1) is 18.3. The van der Waals surface area contributed by atoms with Crippen LogP contribution in [0.2, 0.25) is 0 Å². The predicted octanol–water partition coefficient (Wildman–Crippen LogP) is 0.944. The molecule has 1 amide bonds. The fourth-order valence-corrected chi connectivity index (χ4v) is 2.79. The lowest BCUT2D eigenvalue weighted by atomic mass is 10.2. The minimum atomic E-state index is -3.78. The summed E-state index contributed by atoms with van der Waals surface area (Å²) in [5.41, 5.74) is 4.98. The van der Waals surface area contributed by atoms with Crippen LogP contribution in [-0.2, 0) is 19.6 Å². The van der Waals surface area contributed by atoms with Crippen LogP contribution in [-0.4, -0.2) is 32.9 Å². The average molecular weight is 391 g/mol. The van der Waals surface area contributed by atoms with Gasteiger partial charge in [0.25, 0.3) is 5.91 Å². The summed E-state index contributed by atoms with van der Waals surface area (Å²) in [6, 6.07) is 3.86. The molecule has 0 aromatic heterocycles. The number of carbonyl (C=O) groups excluding carboxylic acids is 2. The highest BCUT2D eigenvalue weighted by Crippen LogP contribution is 2.22. The number of nitrogens with one attached hydrogen (secondary N) is 1. The van der Waals surface area contributed by atoms with E-state index in [1.165, 1.54) is 25.1 Å². The van der Waals surface area contributed by atoms with E-state index in [1.807, 2.05) is 0 Å². The molecule has 1 aromatic carbocycles. The molecule has 0 aliphatic heterocycles. The molecule has 7 nitrogen and oxygen atoms in total. The summed E-state index contributed by atoms with van der Waals surface area (Å²) < 4.78 is 31.5. The first-order chi connectivity index (χ1) is 10.2. The first-order valence-electron chi connectivity index (χ1n) is 6.09. The number of sulfonamides is 1. The molecule has 1 rings (SSSR count). The highest BCUT2D eigenvalue weighted by atomic mass is 79.9. The molecule has 0 unspecified atom stereocenters. The van der Waals surface area contributed by atoms with Gasteiger partial charge in [-0.3, -0.25) is 4.79 Å². The van der Waals surface area contributed by atoms with E-state index >= 15 is 0 Å². The molecule has 0 saturated carbocycles. The van der Waals surface area contributed by atoms with Crippen molar-refractivity contribution in [1.29, 1.82) is 0 Å². The molecule has 0 aliphatic rings. The van der Waals surface area contributed by atoms with E-state index in [0.717, 1.165) is 6.07 Å². The number of hydrogen-bond donors (Lipinski definition) is 2. The summed E-state index contributed by atoms with van der Waals surface area (Å²) in [6.45, 7) is 4.79. The van der Waals surface area contributed by atoms with E-state index < -0.39 is 28.0 Å². The van der Waals surface area contributed by atoms with E-state index in [4.69, 9.17) is 10.5 Å². The van der Waals surface area contributed by atoms with Crippen molar-refractivity contribution in [3.63, 3.8) is 0 Å². The summed E-state index contributed by atoms with van der Waals surface area (Å²) >= 11 is 3.13. The second-order valence-corrected chi connectivity index (χ2v) is 6.85. The normalized spacial score (nSPS) is 12.5. The molecule has 0 radical (unpaired) electrons. The molecule has 0 saturated heterocycles. The molecule has 1 atom stereocenters. The van der Waals surface area contributed by atoms with Crippen molar-refractivity contribution in [2.45, 2.75) is 17.9 Å². The number of rotatable bonds is 7. The zero-order valence-corrected chi connectivity index (χ0v) is 14.1. The third-order valence-corrected chi connectivity index (χ3v) is 4.68. The number of carbonyl (C=O) groups is 2.